The summed E-state index contributed by atoms with van der Waals surface area (Å²) in [6.07, 6.45) is 12.7. The van der Waals surface area contributed by atoms with Crippen molar-refractivity contribution in [3.8, 4) is 5.75 Å². The van der Waals surface area contributed by atoms with Crippen molar-refractivity contribution in [1.82, 2.24) is 15.0 Å². The molecule has 226 valence electrons. The van der Waals surface area contributed by atoms with Gasteiger partial charge >= 0.3 is 0 Å². The molecule has 2 fully saturated rings. The van der Waals surface area contributed by atoms with Crippen molar-refractivity contribution in [2.24, 2.45) is 16.3 Å². The first-order valence-electron chi connectivity index (χ1n) is 15.2. The lowest BCUT2D eigenvalue weighted by Gasteiger charge is -2.40. The monoisotopic (exact) mass is 592 g/mol. The number of hydrogen-bond donors (Lipinski definition) is 1. The molecule has 0 radical (unpaired) electrons. The lowest BCUT2D eigenvalue weighted by Crippen LogP contribution is -2.40. The number of aliphatic imine (C=N–C) groups is 1. The SMILES string of the molecule is C=CC1=C(N=CC)CC2(CCN(c3ncc(Sc4ccnc5c4OCC4CC(COC)CN54)nc3CO)CC2)C1.CC. The van der Waals surface area contributed by atoms with Gasteiger partial charge in [0, 0.05) is 50.8 Å². The van der Waals surface area contributed by atoms with Crippen molar-refractivity contribution in [1.29, 1.82) is 0 Å². The molecule has 3 aliphatic heterocycles. The highest BCUT2D eigenvalue weighted by molar-refractivity contribution is 7.99. The fourth-order valence-corrected chi connectivity index (χ4v) is 7.66. The first kappa shape index (κ1) is 30.5. The molecule has 2 saturated heterocycles. The van der Waals surface area contributed by atoms with E-state index in [4.69, 9.17) is 19.4 Å². The van der Waals surface area contributed by atoms with Gasteiger partial charge in [-0.15, -0.1) is 0 Å². The van der Waals surface area contributed by atoms with Gasteiger partial charge in [-0.2, -0.15) is 0 Å². The molecule has 1 aliphatic carbocycles. The number of methoxy groups -OCH3 is 1. The Labute approximate surface area is 254 Å². The zero-order valence-corrected chi connectivity index (χ0v) is 26.2. The van der Waals surface area contributed by atoms with Gasteiger partial charge in [0.25, 0.3) is 0 Å². The minimum atomic E-state index is -0.156. The smallest absolute Gasteiger partial charge is 0.175 e. The van der Waals surface area contributed by atoms with Crippen LogP contribution in [0.15, 0.2) is 57.3 Å². The van der Waals surface area contributed by atoms with E-state index >= 15 is 0 Å². The van der Waals surface area contributed by atoms with Crippen molar-refractivity contribution >= 4 is 29.6 Å². The number of aliphatic hydroxyl groups is 1. The van der Waals surface area contributed by atoms with Crippen LogP contribution < -0.4 is 14.5 Å². The van der Waals surface area contributed by atoms with Crippen molar-refractivity contribution in [3.63, 3.8) is 0 Å². The molecular weight excluding hydrogens is 548 g/mol. The maximum absolute atomic E-state index is 10.2. The fraction of sp³-hybridized carbons (Fsp3) is 0.562. The Hall–Kier alpha value is -2.95. The second-order valence-electron chi connectivity index (χ2n) is 11.3. The normalized spacial score (nSPS) is 22.6. The first-order valence-corrected chi connectivity index (χ1v) is 16.0. The van der Waals surface area contributed by atoms with Gasteiger partial charge in [-0.3, -0.25) is 4.99 Å². The number of rotatable bonds is 8. The van der Waals surface area contributed by atoms with Crippen LogP contribution in [-0.2, 0) is 11.3 Å². The summed E-state index contributed by atoms with van der Waals surface area (Å²) in [4.78, 5) is 24.5. The summed E-state index contributed by atoms with van der Waals surface area (Å²) < 4.78 is 11.6. The third kappa shape index (κ3) is 6.07. The highest BCUT2D eigenvalue weighted by atomic mass is 32.2. The summed E-state index contributed by atoms with van der Waals surface area (Å²) in [6, 6.07) is 2.30. The summed E-state index contributed by atoms with van der Waals surface area (Å²) in [5.41, 5.74) is 3.31. The van der Waals surface area contributed by atoms with Crippen LogP contribution in [0.1, 0.15) is 58.6 Å². The van der Waals surface area contributed by atoms with E-state index in [0.717, 1.165) is 85.7 Å². The molecule has 0 amide bonds. The molecule has 1 N–H and O–H groups in total. The number of aromatic nitrogens is 3. The second-order valence-corrected chi connectivity index (χ2v) is 12.3. The van der Waals surface area contributed by atoms with E-state index in [1.54, 1.807) is 7.11 Å². The molecule has 2 unspecified atom stereocenters. The fourth-order valence-electron chi connectivity index (χ4n) is 6.80. The Balaban J connectivity index is 0.00000173. The Morgan fingerprint density at radius 2 is 2.05 bits per heavy atom. The molecule has 42 heavy (non-hydrogen) atoms. The Morgan fingerprint density at radius 1 is 1.24 bits per heavy atom. The van der Waals surface area contributed by atoms with Crippen LogP contribution in [0, 0.1) is 11.3 Å². The molecule has 4 aliphatic rings. The lowest BCUT2D eigenvalue weighted by molar-refractivity contribution is 0.157. The van der Waals surface area contributed by atoms with Crippen LogP contribution in [0.3, 0.4) is 0 Å². The molecule has 2 aromatic rings. The number of allylic oxidation sites excluding steroid dienone is 3. The molecule has 2 aromatic heterocycles. The van der Waals surface area contributed by atoms with Crippen LogP contribution in [0.25, 0.3) is 0 Å². The van der Waals surface area contributed by atoms with Gasteiger partial charge < -0.3 is 24.4 Å². The molecule has 0 bridgehead atoms. The molecule has 9 nitrogen and oxygen atoms in total. The summed E-state index contributed by atoms with van der Waals surface area (Å²) in [5, 5.41) is 11.0. The number of fused-ring (bicyclic) bond motifs is 3. The zero-order valence-electron chi connectivity index (χ0n) is 25.4. The minimum absolute atomic E-state index is 0.156. The van der Waals surface area contributed by atoms with Crippen LogP contribution in [0.4, 0.5) is 11.6 Å². The zero-order chi connectivity index (χ0) is 29.7. The third-order valence-corrected chi connectivity index (χ3v) is 9.69. The largest absolute Gasteiger partial charge is 0.486 e. The van der Waals surface area contributed by atoms with E-state index in [2.05, 4.69) is 26.4 Å². The van der Waals surface area contributed by atoms with Gasteiger partial charge in [0.2, 0.25) is 0 Å². The van der Waals surface area contributed by atoms with Gasteiger partial charge in [0.1, 0.15) is 17.3 Å². The average molecular weight is 593 g/mol. The first-order chi connectivity index (χ1) is 20.6. The number of nitrogens with zero attached hydrogens (tertiary/aromatic N) is 6. The average Bonchev–Trinajstić information content (AvgIpc) is 3.60. The predicted octanol–water partition coefficient (Wildman–Crippen LogP) is 5.69. The second kappa shape index (κ2) is 13.6. The van der Waals surface area contributed by atoms with Crippen molar-refractivity contribution in [2.45, 2.75) is 75.4 Å². The molecule has 0 aromatic carbocycles. The third-order valence-electron chi connectivity index (χ3n) is 8.74. The maximum atomic E-state index is 10.2. The van der Waals surface area contributed by atoms with E-state index in [1.165, 1.54) is 23.0 Å². The number of aliphatic hydroxyl groups excluding tert-OH is 1. The summed E-state index contributed by atoms with van der Waals surface area (Å²) in [7, 11) is 1.76. The van der Waals surface area contributed by atoms with Crippen LogP contribution in [-0.4, -0.2) is 72.3 Å². The summed E-state index contributed by atoms with van der Waals surface area (Å²) >= 11 is 1.51. The number of hydrogen-bond acceptors (Lipinski definition) is 10. The molecule has 1 spiro atoms. The maximum Gasteiger partial charge on any atom is 0.175 e. The Kier molecular flexibility index (Phi) is 9.85. The molecular formula is C32H44N6O3S. The van der Waals surface area contributed by atoms with Gasteiger partial charge in [-0.1, -0.05) is 38.3 Å². The quantitative estimate of drug-likeness (QED) is 0.388. The van der Waals surface area contributed by atoms with E-state index in [-0.39, 0.29) is 12.0 Å². The van der Waals surface area contributed by atoms with Crippen molar-refractivity contribution in [3.05, 3.63) is 48.1 Å². The number of ether oxygens (including phenoxy) is 2. The highest BCUT2D eigenvalue weighted by Crippen LogP contribution is 2.50. The van der Waals surface area contributed by atoms with Crippen LogP contribution in [0.5, 0.6) is 5.75 Å². The number of pyridine rings is 1. The Morgan fingerprint density at radius 3 is 2.76 bits per heavy atom. The van der Waals surface area contributed by atoms with Gasteiger partial charge in [0.05, 0.1) is 30.3 Å². The summed E-state index contributed by atoms with van der Waals surface area (Å²) in [5.74, 6) is 2.96. The standard InChI is InChI=1S/C30H38N6O3S.C2H6/c1-4-21-13-30(14-23(21)31-5-2)7-10-35(11-8-30)28-24(17-37)34-26(15-33-28)40-25-6-9-32-29-27(25)39-19-22-12-20(18-38-3)16-36(22)29;1-2/h4-6,9,15,20,22,37H,1,7-8,10-14,16-19H2,2-3H3;1-2H3. The number of piperidine rings is 1. The minimum Gasteiger partial charge on any atom is -0.486 e. The van der Waals surface area contributed by atoms with Gasteiger partial charge in [-0.25, -0.2) is 15.0 Å². The summed E-state index contributed by atoms with van der Waals surface area (Å²) in [6.45, 7) is 13.9. The molecule has 6 rings (SSSR count). The molecule has 10 heteroatoms. The van der Waals surface area contributed by atoms with E-state index in [1.807, 2.05) is 51.5 Å². The van der Waals surface area contributed by atoms with Crippen molar-refractivity contribution in [2.75, 3.05) is 49.8 Å². The highest BCUT2D eigenvalue weighted by Gasteiger charge is 2.41. The predicted molar refractivity (Wildman–Crippen MR) is 169 cm³/mol. The van der Waals surface area contributed by atoms with Crippen LogP contribution in [0.2, 0.25) is 0 Å². The lowest BCUT2D eigenvalue weighted by atomic mass is 9.75. The van der Waals surface area contributed by atoms with E-state index < -0.39 is 0 Å². The van der Waals surface area contributed by atoms with E-state index in [9.17, 15) is 5.11 Å². The molecule has 0 saturated carbocycles. The number of anilines is 2. The van der Waals surface area contributed by atoms with E-state index in [0.29, 0.717) is 24.3 Å². The Bertz CT molecular complexity index is 1320. The molecule has 2 atom stereocenters. The van der Waals surface area contributed by atoms with Crippen molar-refractivity contribution < 1.29 is 14.6 Å². The molecule has 5 heterocycles. The van der Waals surface area contributed by atoms with Gasteiger partial charge in [-0.05, 0) is 56.1 Å². The topological polar surface area (TPSA) is 96.2 Å². The van der Waals surface area contributed by atoms with Gasteiger partial charge in [0.15, 0.2) is 17.4 Å². The van der Waals surface area contributed by atoms with Crippen LogP contribution >= 0.6 is 11.8 Å².